The van der Waals surface area contributed by atoms with E-state index in [1.807, 2.05) is 25.1 Å². The first-order valence-electron chi connectivity index (χ1n) is 7.13. The van der Waals surface area contributed by atoms with Crippen LogP contribution in [0.1, 0.15) is 24.8 Å². The highest BCUT2D eigenvalue weighted by molar-refractivity contribution is 9.10. The highest BCUT2D eigenvalue weighted by atomic mass is 79.9. The SMILES string of the molecule is Cc1cc(Br)ccc1NC(=O)CCNC(=O)C1CCCN1. The Hall–Kier alpha value is -1.40. The Morgan fingerprint density at radius 1 is 1.43 bits per heavy atom. The van der Waals surface area contributed by atoms with Crippen LogP contribution in [0.4, 0.5) is 5.69 Å². The molecule has 3 N–H and O–H groups in total. The lowest BCUT2D eigenvalue weighted by atomic mass is 10.2. The molecule has 6 heteroatoms. The van der Waals surface area contributed by atoms with Crippen molar-refractivity contribution in [3.63, 3.8) is 0 Å². The van der Waals surface area contributed by atoms with Crippen LogP contribution in [0.3, 0.4) is 0 Å². The van der Waals surface area contributed by atoms with Gasteiger partial charge >= 0.3 is 0 Å². The van der Waals surface area contributed by atoms with E-state index in [1.165, 1.54) is 0 Å². The molecule has 114 valence electrons. The molecular weight excluding hydrogens is 334 g/mol. The third-order valence-electron chi connectivity index (χ3n) is 3.49. The van der Waals surface area contributed by atoms with Gasteiger partial charge in [-0.1, -0.05) is 15.9 Å². The molecule has 1 fully saturated rings. The summed E-state index contributed by atoms with van der Waals surface area (Å²) >= 11 is 3.39. The number of hydrogen-bond donors (Lipinski definition) is 3. The number of benzene rings is 1. The van der Waals surface area contributed by atoms with Gasteiger partial charge in [0.2, 0.25) is 11.8 Å². The molecule has 0 radical (unpaired) electrons. The summed E-state index contributed by atoms with van der Waals surface area (Å²) < 4.78 is 0.981. The predicted molar refractivity (Wildman–Crippen MR) is 86.2 cm³/mol. The molecule has 1 atom stereocenters. The van der Waals surface area contributed by atoms with Gasteiger partial charge in [-0.3, -0.25) is 9.59 Å². The summed E-state index contributed by atoms with van der Waals surface area (Å²) in [5.74, 6) is -0.111. The van der Waals surface area contributed by atoms with E-state index < -0.39 is 0 Å². The van der Waals surface area contributed by atoms with Gasteiger partial charge in [0.1, 0.15) is 0 Å². The van der Waals surface area contributed by atoms with Crippen LogP contribution < -0.4 is 16.0 Å². The molecule has 0 aliphatic carbocycles. The number of carbonyl (C=O) groups excluding carboxylic acids is 2. The number of anilines is 1. The Morgan fingerprint density at radius 2 is 2.24 bits per heavy atom. The standard InChI is InChI=1S/C15H20BrN3O2/c1-10-9-11(16)4-5-12(10)19-14(20)6-8-18-15(21)13-3-2-7-17-13/h4-5,9,13,17H,2-3,6-8H2,1H3,(H,18,21)(H,19,20). The largest absolute Gasteiger partial charge is 0.354 e. The minimum Gasteiger partial charge on any atom is -0.354 e. The van der Waals surface area contributed by atoms with Gasteiger partial charge in [0.05, 0.1) is 6.04 Å². The van der Waals surface area contributed by atoms with Gasteiger partial charge < -0.3 is 16.0 Å². The Bertz CT molecular complexity index is 528. The van der Waals surface area contributed by atoms with Crippen LogP contribution in [0.25, 0.3) is 0 Å². The molecule has 1 unspecified atom stereocenters. The van der Waals surface area contributed by atoms with Crippen LogP contribution in [-0.2, 0) is 9.59 Å². The highest BCUT2D eigenvalue weighted by Crippen LogP contribution is 2.20. The maximum Gasteiger partial charge on any atom is 0.237 e. The van der Waals surface area contributed by atoms with E-state index in [9.17, 15) is 9.59 Å². The summed E-state index contributed by atoms with van der Waals surface area (Å²) in [6, 6.07) is 5.60. The lowest BCUT2D eigenvalue weighted by Crippen LogP contribution is -2.41. The zero-order chi connectivity index (χ0) is 15.2. The molecule has 0 spiro atoms. The van der Waals surface area contributed by atoms with Crippen molar-refractivity contribution in [1.29, 1.82) is 0 Å². The molecule has 1 aliphatic rings. The normalized spacial score (nSPS) is 17.5. The maximum atomic E-state index is 11.9. The quantitative estimate of drug-likeness (QED) is 0.757. The Kier molecular flexibility index (Phi) is 5.76. The first kappa shape index (κ1) is 16.0. The average Bonchev–Trinajstić information content (AvgIpc) is 2.96. The average molecular weight is 354 g/mol. The molecule has 21 heavy (non-hydrogen) atoms. The molecule has 1 saturated heterocycles. The molecule has 2 rings (SSSR count). The van der Waals surface area contributed by atoms with E-state index in [4.69, 9.17) is 0 Å². The zero-order valence-electron chi connectivity index (χ0n) is 12.0. The van der Waals surface area contributed by atoms with Crippen LogP contribution in [-0.4, -0.2) is 30.9 Å². The fourth-order valence-electron chi connectivity index (χ4n) is 2.31. The molecule has 0 aromatic heterocycles. The number of nitrogens with one attached hydrogen (secondary N) is 3. The van der Waals surface area contributed by atoms with Crippen LogP contribution in [0.2, 0.25) is 0 Å². The van der Waals surface area contributed by atoms with Gasteiger partial charge in [0, 0.05) is 23.1 Å². The molecule has 5 nitrogen and oxygen atoms in total. The van der Waals surface area contributed by atoms with Crippen LogP contribution in [0.5, 0.6) is 0 Å². The van der Waals surface area contributed by atoms with Crippen molar-refractivity contribution in [3.05, 3.63) is 28.2 Å². The molecule has 1 aromatic carbocycles. The summed E-state index contributed by atoms with van der Waals surface area (Å²) in [5.41, 5.74) is 1.80. The molecule has 2 amide bonds. The number of carbonyl (C=O) groups is 2. The number of halogens is 1. The Balaban J connectivity index is 1.73. The second kappa shape index (κ2) is 7.56. The molecule has 1 aliphatic heterocycles. The maximum absolute atomic E-state index is 11.9. The van der Waals surface area contributed by atoms with E-state index in [0.717, 1.165) is 35.1 Å². The van der Waals surface area contributed by atoms with Gasteiger partial charge in [-0.15, -0.1) is 0 Å². The van der Waals surface area contributed by atoms with E-state index in [0.29, 0.717) is 6.54 Å². The summed E-state index contributed by atoms with van der Waals surface area (Å²) in [5, 5.41) is 8.78. The van der Waals surface area contributed by atoms with E-state index in [1.54, 1.807) is 0 Å². The van der Waals surface area contributed by atoms with Crippen LogP contribution in [0, 0.1) is 6.92 Å². The summed E-state index contributed by atoms with van der Waals surface area (Å²) in [4.78, 5) is 23.6. The van der Waals surface area contributed by atoms with Crippen molar-refractivity contribution in [2.75, 3.05) is 18.4 Å². The fourth-order valence-corrected chi connectivity index (χ4v) is 2.79. The van der Waals surface area contributed by atoms with Crippen molar-refractivity contribution < 1.29 is 9.59 Å². The van der Waals surface area contributed by atoms with Crippen LogP contribution in [0.15, 0.2) is 22.7 Å². The van der Waals surface area contributed by atoms with Crippen molar-refractivity contribution in [2.24, 2.45) is 0 Å². The Labute approximate surface area is 133 Å². The minimum absolute atomic E-state index is 0.0138. The summed E-state index contributed by atoms with van der Waals surface area (Å²) in [6.45, 7) is 3.19. The summed E-state index contributed by atoms with van der Waals surface area (Å²) in [7, 11) is 0. The van der Waals surface area contributed by atoms with Gasteiger partial charge in [-0.05, 0) is 50.1 Å². The second-order valence-electron chi connectivity index (χ2n) is 5.20. The first-order chi connectivity index (χ1) is 10.1. The number of hydrogen-bond acceptors (Lipinski definition) is 3. The van der Waals surface area contributed by atoms with E-state index in [2.05, 4.69) is 31.9 Å². The van der Waals surface area contributed by atoms with E-state index in [-0.39, 0.29) is 24.3 Å². The van der Waals surface area contributed by atoms with Crippen molar-refractivity contribution >= 4 is 33.4 Å². The second-order valence-corrected chi connectivity index (χ2v) is 6.11. The molecule has 0 bridgehead atoms. The Morgan fingerprint density at radius 3 is 2.90 bits per heavy atom. The van der Waals surface area contributed by atoms with Gasteiger partial charge in [-0.25, -0.2) is 0 Å². The van der Waals surface area contributed by atoms with Crippen molar-refractivity contribution in [1.82, 2.24) is 10.6 Å². The lowest BCUT2D eigenvalue weighted by molar-refractivity contribution is -0.122. The van der Waals surface area contributed by atoms with Gasteiger partial charge in [0.15, 0.2) is 0 Å². The zero-order valence-corrected chi connectivity index (χ0v) is 13.6. The number of aryl methyl sites for hydroxylation is 1. The fraction of sp³-hybridized carbons (Fsp3) is 0.467. The number of rotatable bonds is 5. The molecule has 1 heterocycles. The topological polar surface area (TPSA) is 70.2 Å². The van der Waals surface area contributed by atoms with Crippen molar-refractivity contribution in [3.8, 4) is 0 Å². The minimum atomic E-state index is -0.0971. The van der Waals surface area contributed by atoms with Crippen LogP contribution >= 0.6 is 15.9 Å². The third kappa shape index (κ3) is 4.82. The van der Waals surface area contributed by atoms with Gasteiger partial charge in [-0.2, -0.15) is 0 Å². The third-order valence-corrected chi connectivity index (χ3v) is 3.98. The summed E-state index contributed by atoms with van der Waals surface area (Å²) in [6.07, 6.45) is 2.17. The lowest BCUT2D eigenvalue weighted by Gasteiger charge is -2.12. The smallest absolute Gasteiger partial charge is 0.237 e. The van der Waals surface area contributed by atoms with Crippen molar-refractivity contribution in [2.45, 2.75) is 32.2 Å². The van der Waals surface area contributed by atoms with Gasteiger partial charge in [0.25, 0.3) is 0 Å². The number of amides is 2. The highest BCUT2D eigenvalue weighted by Gasteiger charge is 2.21. The van der Waals surface area contributed by atoms with E-state index >= 15 is 0 Å². The molecular formula is C15H20BrN3O2. The monoisotopic (exact) mass is 353 g/mol. The molecule has 1 aromatic rings. The first-order valence-corrected chi connectivity index (χ1v) is 7.92. The molecule has 0 saturated carbocycles. The predicted octanol–water partition coefficient (Wildman–Crippen LogP) is 1.95.